The summed E-state index contributed by atoms with van der Waals surface area (Å²) in [5, 5.41) is 0.384. The van der Waals surface area contributed by atoms with Gasteiger partial charge in [0.1, 0.15) is 23.0 Å². The van der Waals surface area contributed by atoms with Gasteiger partial charge in [0.25, 0.3) is 11.8 Å². The molecule has 0 radical (unpaired) electrons. The minimum absolute atomic E-state index is 0.00729. The number of benzene rings is 3. The number of hydrogen-bond acceptors (Lipinski definition) is 6. The third kappa shape index (κ3) is 6.98. The van der Waals surface area contributed by atoms with Crippen LogP contribution in [0.4, 0.5) is 4.39 Å². The van der Waals surface area contributed by atoms with Crippen LogP contribution < -0.4 is 20.9 Å². The SMILES string of the molecule is C[C@@H](CC(=O)c1c2n(c(=O)n1-c1ccc(OC3CC3)cc1)CCN(C(=O)c1ccc(Br)c(Cl)c1)C2)c1ccc(OCC(N)=O)cc1F. The van der Waals surface area contributed by atoms with Gasteiger partial charge in [0.2, 0.25) is 0 Å². The van der Waals surface area contributed by atoms with Crippen LogP contribution in [0.1, 0.15) is 64.2 Å². The molecule has 244 valence electrons. The van der Waals surface area contributed by atoms with Crippen molar-refractivity contribution in [1.29, 1.82) is 0 Å². The number of rotatable bonds is 11. The van der Waals surface area contributed by atoms with E-state index in [1.54, 1.807) is 54.3 Å². The number of primary amides is 1. The smallest absolute Gasteiger partial charge is 0.333 e. The fraction of sp³-hybridized carbons (Fsp3) is 0.294. The molecular formula is C34H31BrClFN4O6. The molecule has 6 rings (SSSR count). The number of hydrogen-bond donors (Lipinski definition) is 1. The van der Waals surface area contributed by atoms with Crippen molar-refractivity contribution in [2.24, 2.45) is 5.73 Å². The number of nitrogens with two attached hydrogens (primary N) is 1. The van der Waals surface area contributed by atoms with Crippen molar-refractivity contribution in [2.45, 2.75) is 51.3 Å². The van der Waals surface area contributed by atoms with Crippen LogP contribution in [-0.2, 0) is 17.9 Å². The van der Waals surface area contributed by atoms with E-state index in [0.29, 0.717) is 32.2 Å². The summed E-state index contributed by atoms with van der Waals surface area (Å²) in [6.07, 6.45) is 2.05. The molecule has 2 amide bonds. The lowest BCUT2D eigenvalue weighted by atomic mass is 9.93. The van der Waals surface area contributed by atoms with E-state index in [-0.39, 0.29) is 55.1 Å². The molecular weight excluding hydrogens is 695 g/mol. The maximum atomic E-state index is 15.2. The Morgan fingerprint density at radius 1 is 1.04 bits per heavy atom. The van der Waals surface area contributed by atoms with Gasteiger partial charge >= 0.3 is 5.69 Å². The normalized spacial score (nSPS) is 14.8. The van der Waals surface area contributed by atoms with E-state index < -0.39 is 35.7 Å². The molecule has 1 fully saturated rings. The number of halogens is 3. The number of ketones is 1. The van der Waals surface area contributed by atoms with E-state index in [4.69, 9.17) is 26.8 Å². The molecule has 0 spiro atoms. The van der Waals surface area contributed by atoms with Gasteiger partial charge in [-0.05, 0) is 88.8 Å². The zero-order valence-electron chi connectivity index (χ0n) is 25.4. The second-order valence-corrected chi connectivity index (χ2v) is 13.0. The number of imidazole rings is 1. The summed E-state index contributed by atoms with van der Waals surface area (Å²) in [5.74, 6) is -1.78. The number of aromatic nitrogens is 2. The maximum Gasteiger partial charge on any atom is 0.333 e. The fourth-order valence-electron chi connectivity index (χ4n) is 5.66. The van der Waals surface area contributed by atoms with Gasteiger partial charge in [0, 0.05) is 35.6 Å². The van der Waals surface area contributed by atoms with E-state index in [0.717, 1.165) is 18.9 Å². The first kappa shape index (κ1) is 32.5. The Kier molecular flexibility index (Phi) is 9.25. The Morgan fingerprint density at radius 3 is 2.43 bits per heavy atom. The average molecular weight is 726 g/mol. The minimum Gasteiger partial charge on any atom is -0.490 e. The van der Waals surface area contributed by atoms with E-state index in [9.17, 15) is 19.2 Å². The van der Waals surface area contributed by atoms with Crippen LogP contribution in [0.5, 0.6) is 11.5 Å². The monoisotopic (exact) mass is 724 g/mol. The predicted molar refractivity (Wildman–Crippen MR) is 176 cm³/mol. The number of Topliss-reactive ketones (excluding diaryl/α,β-unsaturated/α-hetero) is 1. The predicted octanol–water partition coefficient (Wildman–Crippen LogP) is 5.63. The molecule has 10 nitrogen and oxygen atoms in total. The lowest BCUT2D eigenvalue weighted by Crippen LogP contribution is -2.41. The highest BCUT2D eigenvalue weighted by Gasteiger charge is 2.33. The van der Waals surface area contributed by atoms with Crippen LogP contribution >= 0.6 is 27.5 Å². The van der Waals surface area contributed by atoms with Gasteiger partial charge < -0.3 is 20.1 Å². The first-order valence-electron chi connectivity index (χ1n) is 15.1. The molecule has 47 heavy (non-hydrogen) atoms. The number of nitrogens with zero attached hydrogens (tertiary/aromatic N) is 3. The summed E-state index contributed by atoms with van der Waals surface area (Å²) in [7, 11) is 0. The molecule has 1 aliphatic heterocycles. The zero-order valence-corrected chi connectivity index (χ0v) is 27.7. The van der Waals surface area contributed by atoms with Crippen molar-refractivity contribution in [3.05, 3.63) is 109 Å². The number of fused-ring (bicyclic) bond motifs is 1. The summed E-state index contributed by atoms with van der Waals surface area (Å²) in [5.41, 5.74) is 6.33. The van der Waals surface area contributed by atoms with Crippen LogP contribution in [0.3, 0.4) is 0 Å². The highest BCUT2D eigenvalue weighted by Crippen LogP contribution is 2.31. The molecule has 4 aromatic rings. The summed E-state index contributed by atoms with van der Waals surface area (Å²) in [4.78, 5) is 54.3. The third-order valence-corrected chi connectivity index (χ3v) is 9.43. The highest BCUT2D eigenvalue weighted by molar-refractivity contribution is 9.10. The fourth-order valence-corrected chi connectivity index (χ4v) is 6.09. The van der Waals surface area contributed by atoms with Crippen LogP contribution in [0.2, 0.25) is 5.02 Å². The summed E-state index contributed by atoms with van der Waals surface area (Å²) < 4.78 is 29.8. The second kappa shape index (κ2) is 13.4. The standard InChI is InChI=1S/C34H31BrClFN4O6/c1-19(25-10-9-24(16-28(25)37)46-18-31(38)43)14-30(42)32-29-17-39(33(44)20-2-11-26(35)27(36)15-20)12-13-40(29)34(45)41(32)21-3-5-22(6-4-21)47-23-7-8-23/h2-6,9-11,15-16,19,23H,7-8,12-14,17-18H2,1H3,(H2,38,43)/t19-/m0/s1. The number of amides is 2. The molecule has 1 aromatic heterocycles. The molecule has 2 N–H and O–H groups in total. The topological polar surface area (TPSA) is 126 Å². The van der Waals surface area contributed by atoms with Gasteiger partial charge in [0.05, 0.1) is 29.1 Å². The number of carbonyl (C=O) groups is 3. The molecule has 1 saturated carbocycles. The summed E-state index contributed by atoms with van der Waals surface area (Å²) in [6.45, 7) is 1.75. The Labute approximate surface area is 282 Å². The Hall–Kier alpha value is -4.42. The van der Waals surface area contributed by atoms with Crippen LogP contribution in [0.25, 0.3) is 5.69 Å². The minimum atomic E-state index is -0.693. The van der Waals surface area contributed by atoms with Crippen molar-refractivity contribution < 1.29 is 28.2 Å². The van der Waals surface area contributed by atoms with Gasteiger partial charge in [0.15, 0.2) is 12.4 Å². The molecule has 13 heteroatoms. The first-order valence-corrected chi connectivity index (χ1v) is 16.3. The van der Waals surface area contributed by atoms with E-state index in [1.165, 1.54) is 21.3 Å². The van der Waals surface area contributed by atoms with Crippen LogP contribution in [0, 0.1) is 5.82 Å². The number of carbonyl (C=O) groups excluding carboxylic acids is 3. The van der Waals surface area contributed by atoms with Gasteiger partial charge in [-0.3, -0.25) is 23.5 Å². The molecule has 1 atom stereocenters. The molecule has 3 aromatic carbocycles. The molecule has 1 aliphatic carbocycles. The molecule has 2 heterocycles. The van der Waals surface area contributed by atoms with Crippen molar-refractivity contribution in [3.8, 4) is 17.2 Å². The molecule has 0 unspecified atom stereocenters. The lowest BCUT2D eigenvalue weighted by molar-refractivity contribution is -0.119. The second-order valence-electron chi connectivity index (χ2n) is 11.7. The van der Waals surface area contributed by atoms with Gasteiger partial charge in [-0.25, -0.2) is 9.18 Å². The quantitative estimate of drug-likeness (QED) is 0.200. The number of ether oxygens (including phenoxy) is 2. The Bertz CT molecular complexity index is 1940. The largest absolute Gasteiger partial charge is 0.490 e. The molecule has 0 saturated heterocycles. The Morgan fingerprint density at radius 2 is 1.77 bits per heavy atom. The summed E-state index contributed by atoms with van der Waals surface area (Å²) in [6, 6.07) is 16.0. The highest BCUT2D eigenvalue weighted by atomic mass is 79.9. The van der Waals surface area contributed by atoms with Crippen molar-refractivity contribution in [3.63, 3.8) is 0 Å². The van der Waals surface area contributed by atoms with Crippen molar-refractivity contribution in [1.82, 2.24) is 14.0 Å². The summed E-state index contributed by atoms with van der Waals surface area (Å²) >= 11 is 9.59. The van der Waals surface area contributed by atoms with Gasteiger partial charge in [-0.1, -0.05) is 24.6 Å². The Balaban J connectivity index is 1.34. The molecule has 0 bridgehead atoms. The van der Waals surface area contributed by atoms with Crippen molar-refractivity contribution in [2.75, 3.05) is 13.2 Å². The maximum absolute atomic E-state index is 15.2. The molecule has 2 aliphatic rings. The average Bonchev–Trinajstić information content (AvgIpc) is 3.82. The third-order valence-electron chi connectivity index (χ3n) is 8.19. The van der Waals surface area contributed by atoms with Crippen LogP contribution in [-0.4, -0.2) is 50.9 Å². The lowest BCUT2D eigenvalue weighted by Gasteiger charge is -2.28. The van der Waals surface area contributed by atoms with E-state index >= 15 is 4.39 Å². The van der Waals surface area contributed by atoms with Crippen LogP contribution in [0.15, 0.2) is 69.9 Å². The van der Waals surface area contributed by atoms with Gasteiger partial charge in [-0.2, -0.15) is 0 Å². The van der Waals surface area contributed by atoms with E-state index in [1.807, 2.05) is 0 Å². The van der Waals surface area contributed by atoms with Gasteiger partial charge in [-0.15, -0.1) is 0 Å². The van der Waals surface area contributed by atoms with Crippen molar-refractivity contribution >= 4 is 45.1 Å². The zero-order chi connectivity index (χ0) is 33.4. The first-order chi connectivity index (χ1) is 22.5. The van der Waals surface area contributed by atoms with E-state index in [2.05, 4.69) is 15.9 Å².